The second-order valence-electron chi connectivity index (χ2n) is 6.06. The molecule has 0 radical (unpaired) electrons. The highest BCUT2D eigenvalue weighted by Crippen LogP contribution is 2.19. The number of unbranched alkanes of at least 4 members (excludes halogenated alkanes) is 1. The van der Waals surface area contributed by atoms with Gasteiger partial charge in [0, 0.05) is 44.5 Å². The fourth-order valence-electron chi connectivity index (χ4n) is 2.53. The summed E-state index contributed by atoms with van der Waals surface area (Å²) in [5.74, 6) is 0.0387. The molecule has 0 atom stereocenters. The number of rotatable bonds is 10. The third-order valence-corrected chi connectivity index (χ3v) is 4.00. The molecular formula is C19H24N2O4. The number of hydrogen-bond donors (Lipinski definition) is 1. The molecule has 1 amide bonds. The predicted octanol–water partition coefficient (Wildman–Crippen LogP) is 3.38. The molecule has 0 unspecified atom stereocenters. The van der Waals surface area contributed by atoms with Crippen LogP contribution >= 0.6 is 0 Å². The van der Waals surface area contributed by atoms with E-state index in [9.17, 15) is 9.59 Å². The van der Waals surface area contributed by atoms with E-state index >= 15 is 0 Å². The van der Waals surface area contributed by atoms with Gasteiger partial charge in [0.25, 0.3) is 0 Å². The van der Waals surface area contributed by atoms with E-state index in [4.69, 9.17) is 9.63 Å². The lowest BCUT2D eigenvalue weighted by atomic mass is 10.1. The van der Waals surface area contributed by atoms with Gasteiger partial charge in [-0.2, -0.15) is 0 Å². The minimum absolute atomic E-state index is 0.0490. The topological polar surface area (TPSA) is 83.6 Å². The van der Waals surface area contributed by atoms with Gasteiger partial charge in [0.2, 0.25) is 5.91 Å². The molecule has 2 rings (SSSR count). The molecule has 1 heterocycles. The van der Waals surface area contributed by atoms with Crippen molar-refractivity contribution in [3.05, 3.63) is 42.2 Å². The number of benzene rings is 1. The number of carbonyl (C=O) groups excluding carboxylic acids is 1. The third kappa shape index (κ3) is 6.41. The lowest BCUT2D eigenvalue weighted by Gasteiger charge is -2.16. The van der Waals surface area contributed by atoms with Crippen LogP contribution in [-0.2, 0) is 16.0 Å². The first-order chi connectivity index (χ1) is 12.1. The van der Waals surface area contributed by atoms with Gasteiger partial charge in [-0.3, -0.25) is 9.59 Å². The van der Waals surface area contributed by atoms with E-state index < -0.39 is 5.97 Å². The number of aromatic nitrogens is 1. The number of carboxylic acids is 1. The van der Waals surface area contributed by atoms with Crippen molar-refractivity contribution in [2.45, 2.75) is 38.5 Å². The monoisotopic (exact) mass is 344 g/mol. The van der Waals surface area contributed by atoms with Gasteiger partial charge < -0.3 is 14.5 Å². The molecule has 134 valence electrons. The summed E-state index contributed by atoms with van der Waals surface area (Å²) in [5.41, 5.74) is 1.84. The molecule has 0 aliphatic rings. The van der Waals surface area contributed by atoms with Crippen molar-refractivity contribution in [2.24, 2.45) is 0 Å². The number of aryl methyl sites for hydroxylation is 1. The summed E-state index contributed by atoms with van der Waals surface area (Å²) >= 11 is 0. The standard InChI is InChI=1S/C19H24N2O4/c1-21(18(22)11-5-6-12-19(23)24)13-7-10-16-14-17(20-25-16)15-8-3-2-4-9-15/h2-4,8-9,14H,5-7,10-13H2,1H3,(H,23,24). The zero-order valence-electron chi connectivity index (χ0n) is 14.5. The molecule has 0 saturated heterocycles. The van der Waals surface area contributed by atoms with Gasteiger partial charge in [-0.25, -0.2) is 0 Å². The van der Waals surface area contributed by atoms with Crippen LogP contribution in [0.2, 0.25) is 0 Å². The van der Waals surface area contributed by atoms with Gasteiger partial charge in [-0.1, -0.05) is 35.5 Å². The van der Waals surface area contributed by atoms with E-state index in [0.29, 0.717) is 25.8 Å². The van der Waals surface area contributed by atoms with Gasteiger partial charge in [-0.05, 0) is 19.3 Å². The van der Waals surface area contributed by atoms with Gasteiger partial charge in [-0.15, -0.1) is 0 Å². The molecular weight excluding hydrogens is 320 g/mol. The van der Waals surface area contributed by atoms with Crippen LogP contribution in [0, 0.1) is 0 Å². The second kappa shape index (κ2) is 9.61. The summed E-state index contributed by atoms with van der Waals surface area (Å²) in [5, 5.41) is 12.7. The largest absolute Gasteiger partial charge is 0.481 e. The van der Waals surface area contributed by atoms with Crippen LogP contribution in [-0.4, -0.2) is 40.6 Å². The molecule has 0 fully saturated rings. The Balaban J connectivity index is 1.69. The summed E-state index contributed by atoms with van der Waals surface area (Å²) in [7, 11) is 1.77. The number of hydrogen-bond acceptors (Lipinski definition) is 4. The Bertz CT molecular complexity index is 682. The molecule has 25 heavy (non-hydrogen) atoms. The van der Waals surface area contributed by atoms with Gasteiger partial charge in [0.05, 0.1) is 0 Å². The Labute approximate surface area is 147 Å². The van der Waals surface area contributed by atoms with Gasteiger partial charge in [0.15, 0.2) is 0 Å². The lowest BCUT2D eigenvalue weighted by molar-refractivity contribution is -0.137. The minimum atomic E-state index is -0.817. The van der Waals surface area contributed by atoms with E-state index in [1.165, 1.54) is 0 Å². The van der Waals surface area contributed by atoms with Gasteiger partial charge in [0.1, 0.15) is 11.5 Å². The fourth-order valence-corrected chi connectivity index (χ4v) is 2.53. The molecule has 1 N–H and O–H groups in total. The van der Waals surface area contributed by atoms with Crippen LogP contribution in [0.3, 0.4) is 0 Å². The number of carbonyl (C=O) groups is 2. The molecule has 0 aliphatic heterocycles. The first-order valence-electron chi connectivity index (χ1n) is 8.53. The Morgan fingerprint density at radius 2 is 1.84 bits per heavy atom. The maximum Gasteiger partial charge on any atom is 0.303 e. The number of aliphatic carboxylic acids is 1. The molecule has 1 aromatic carbocycles. The van der Waals surface area contributed by atoms with Crippen molar-refractivity contribution in [1.82, 2.24) is 10.1 Å². The van der Waals surface area contributed by atoms with E-state index in [1.54, 1.807) is 11.9 Å². The Morgan fingerprint density at radius 3 is 2.56 bits per heavy atom. The SMILES string of the molecule is CN(CCCc1cc(-c2ccccc2)no1)C(=O)CCCCC(=O)O. The van der Waals surface area contributed by atoms with Crippen molar-refractivity contribution in [3.8, 4) is 11.3 Å². The molecule has 6 heteroatoms. The molecule has 6 nitrogen and oxygen atoms in total. The predicted molar refractivity (Wildman–Crippen MR) is 94.0 cm³/mol. The van der Waals surface area contributed by atoms with Crippen LogP contribution < -0.4 is 0 Å². The lowest BCUT2D eigenvalue weighted by Crippen LogP contribution is -2.27. The van der Waals surface area contributed by atoms with Crippen LogP contribution in [0.4, 0.5) is 0 Å². The Morgan fingerprint density at radius 1 is 1.12 bits per heavy atom. The van der Waals surface area contributed by atoms with Crippen LogP contribution in [0.5, 0.6) is 0 Å². The van der Waals surface area contributed by atoms with Gasteiger partial charge >= 0.3 is 5.97 Å². The molecule has 0 saturated carbocycles. The number of nitrogens with zero attached hydrogens (tertiary/aromatic N) is 2. The number of carboxylic acid groups (broad SMARTS) is 1. The Kier molecular flexibility index (Phi) is 7.19. The summed E-state index contributed by atoms with van der Waals surface area (Å²) in [6.07, 6.45) is 3.17. The van der Waals surface area contributed by atoms with E-state index in [2.05, 4.69) is 5.16 Å². The minimum Gasteiger partial charge on any atom is -0.481 e. The first kappa shape index (κ1) is 18.7. The van der Waals surface area contributed by atoms with Crippen LogP contribution in [0.1, 0.15) is 37.9 Å². The highest BCUT2D eigenvalue weighted by atomic mass is 16.5. The summed E-state index contributed by atoms with van der Waals surface area (Å²) in [4.78, 5) is 24.1. The molecule has 0 aliphatic carbocycles. The van der Waals surface area contributed by atoms with Crippen LogP contribution in [0.15, 0.2) is 40.9 Å². The van der Waals surface area contributed by atoms with Crippen molar-refractivity contribution >= 4 is 11.9 Å². The second-order valence-corrected chi connectivity index (χ2v) is 6.06. The summed E-state index contributed by atoms with van der Waals surface area (Å²) in [6, 6.07) is 11.8. The fraction of sp³-hybridized carbons (Fsp3) is 0.421. The van der Waals surface area contributed by atoms with Crippen molar-refractivity contribution in [1.29, 1.82) is 0 Å². The molecule has 0 spiro atoms. The van der Waals surface area contributed by atoms with Crippen molar-refractivity contribution < 1.29 is 19.2 Å². The highest BCUT2D eigenvalue weighted by molar-refractivity contribution is 5.75. The average molecular weight is 344 g/mol. The highest BCUT2D eigenvalue weighted by Gasteiger charge is 2.10. The molecule has 1 aromatic heterocycles. The normalized spacial score (nSPS) is 10.6. The van der Waals surface area contributed by atoms with Crippen LogP contribution in [0.25, 0.3) is 11.3 Å². The summed E-state index contributed by atoms with van der Waals surface area (Å²) in [6.45, 7) is 0.638. The third-order valence-electron chi connectivity index (χ3n) is 4.00. The van der Waals surface area contributed by atoms with Crippen molar-refractivity contribution in [3.63, 3.8) is 0 Å². The zero-order chi connectivity index (χ0) is 18.1. The smallest absolute Gasteiger partial charge is 0.303 e. The maximum atomic E-state index is 12.0. The van der Waals surface area contributed by atoms with Crippen molar-refractivity contribution in [2.75, 3.05) is 13.6 Å². The Hall–Kier alpha value is -2.63. The average Bonchev–Trinajstić information content (AvgIpc) is 3.08. The van der Waals surface area contributed by atoms with E-state index in [-0.39, 0.29) is 12.3 Å². The number of amides is 1. The molecule has 2 aromatic rings. The first-order valence-corrected chi connectivity index (χ1v) is 8.53. The zero-order valence-corrected chi connectivity index (χ0v) is 14.5. The molecule has 0 bridgehead atoms. The maximum absolute atomic E-state index is 12.0. The quantitative estimate of drug-likeness (QED) is 0.668. The van der Waals surface area contributed by atoms with E-state index in [1.807, 2.05) is 36.4 Å². The van der Waals surface area contributed by atoms with E-state index in [0.717, 1.165) is 29.9 Å². The summed E-state index contributed by atoms with van der Waals surface area (Å²) < 4.78 is 5.35.